The van der Waals surface area contributed by atoms with Crippen LogP contribution in [0.2, 0.25) is 0 Å². The van der Waals surface area contributed by atoms with Crippen LogP contribution in [0.15, 0.2) is 16.8 Å². The number of aliphatic imine (C=N–C) groups is 1. The molecule has 0 aromatic heterocycles. The molecular weight excluding hydrogens is 132 g/mol. The second kappa shape index (κ2) is 2.43. The Hall–Kier alpha value is -0.440. The number of hydrogen-bond acceptors (Lipinski definition) is 3. The molecule has 1 unspecified atom stereocenters. The predicted molar refractivity (Wildman–Crippen MR) is 42.8 cm³/mol. The fourth-order valence-electron chi connectivity index (χ4n) is 0.861. The first kappa shape index (κ1) is 6.68. The van der Waals surface area contributed by atoms with Gasteiger partial charge in [0.25, 0.3) is 0 Å². The number of allylic oxidation sites excluding steroid dienone is 1. The fourth-order valence-corrected chi connectivity index (χ4v) is 1.26. The Labute approximate surface area is 60.3 Å². The van der Waals surface area contributed by atoms with Crippen LogP contribution in [0.1, 0.15) is 13.3 Å². The lowest BCUT2D eigenvalue weighted by Gasteiger charge is -2.10. The Morgan fingerprint density at radius 1 is 1.89 bits per heavy atom. The normalized spacial score (nSPS) is 27.1. The van der Waals surface area contributed by atoms with E-state index in [1.165, 1.54) is 0 Å². The summed E-state index contributed by atoms with van der Waals surface area (Å²) in [4.78, 5) is 4.04. The van der Waals surface area contributed by atoms with E-state index >= 15 is 0 Å². The number of nitrogens with two attached hydrogens (primary N) is 1. The molecule has 0 radical (unpaired) electrons. The average Bonchev–Trinajstić information content (AvgIpc) is 1.59. The van der Waals surface area contributed by atoms with Crippen molar-refractivity contribution in [2.45, 2.75) is 18.6 Å². The standard InChI is InChI=1S/C6H10N2S/c1-4-2-5(9)3-6(7)8-4/h2,5,9H,3H2,1H3,(H2,7,8). The Balaban J connectivity index is 2.74. The summed E-state index contributed by atoms with van der Waals surface area (Å²) in [6.45, 7) is 1.93. The fraction of sp³-hybridized carbons (Fsp3) is 0.500. The zero-order valence-electron chi connectivity index (χ0n) is 5.33. The van der Waals surface area contributed by atoms with Gasteiger partial charge in [0.05, 0.1) is 0 Å². The maximum Gasteiger partial charge on any atom is 0.101 e. The molecule has 0 aromatic rings. The predicted octanol–water partition coefficient (Wildman–Crippen LogP) is 0.950. The highest BCUT2D eigenvalue weighted by molar-refractivity contribution is 7.81. The van der Waals surface area contributed by atoms with E-state index in [-0.39, 0.29) is 5.25 Å². The minimum absolute atomic E-state index is 0.266. The van der Waals surface area contributed by atoms with Gasteiger partial charge in [0.15, 0.2) is 0 Å². The minimum Gasteiger partial charge on any atom is -0.387 e. The lowest BCUT2D eigenvalue weighted by atomic mass is 10.2. The molecule has 0 fully saturated rings. The number of thiol groups is 1. The molecule has 0 amide bonds. The molecule has 1 atom stereocenters. The molecule has 2 nitrogen and oxygen atoms in total. The lowest BCUT2D eigenvalue weighted by molar-refractivity contribution is 1.03. The summed E-state index contributed by atoms with van der Waals surface area (Å²) in [5.41, 5.74) is 6.45. The van der Waals surface area contributed by atoms with Crippen molar-refractivity contribution in [2.75, 3.05) is 0 Å². The van der Waals surface area contributed by atoms with E-state index in [2.05, 4.69) is 17.6 Å². The molecule has 1 aliphatic heterocycles. The molecule has 0 saturated heterocycles. The van der Waals surface area contributed by atoms with Gasteiger partial charge in [-0.1, -0.05) is 0 Å². The Morgan fingerprint density at radius 3 is 3.00 bits per heavy atom. The smallest absolute Gasteiger partial charge is 0.101 e. The zero-order valence-corrected chi connectivity index (χ0v) is 6.23. The zero-order chi connectivity index (χ0) is 6.85. The first-order valence-corrected chi connectivity index (χ1v) is 3.39. The molecule has 0 aliphatic carbocycles. The Morgan fingerprint density at radius 2 is 2.56 bits per heavy atom. The van der Waals surface area contributed by atoms with Gasteiger partial charge in [0, 0.05) is 17.4 Å². The van der Waals surface area contributed by atoms with Crippen molar-refractivity contribution in [3.8, 4) is 0 Å². The molecule has 9 heavy (non-hydrogen) atoms. The van der Waals surface area contributed by atoms with E-state index in [9.17, 15) is 0 Å². The first-order valence-electron chi connectivity index (χ1n) is 2.88. The maximum absolute atomic E-state index is 5.48. The summed E-state index contributed by atoms with van der Waals surface area (Å²) in [6.07, 6.45) is 2.78. The largest absolute Gasteiger partial charge is 0.387 e. The van der Waals surface area contributed by atoms with Crippen LogP contribution in [0.25, 0.3) is 0 Å². The van der Waals surface area contributed by atoms with Crippen LogP contribution in [0.3, 0.4) is 0 Å². The summed E-state index contributed by atoms with van der Waals surface area (Å²) in [7, 11) is 0. The maximum atomic E-state index is 5.48. The van der Waals surface area contributed by atoms with Gasteiger partial charge in [-0.2, -0.15) is 12.6 Å². The van der Waals surface area contributed by atoms with Gasteiger partial charge in [-0.05, 0) is 13.0 Å². The van der Waals surface area contributed by atoms with Crippen LogP contribution in [0, 0.1) is 0 Å². The second-order valence-corrected chi connectivity index (χ2v) is 2.85. The van der Waals surface area contributed by atoms with E-state index < -0.39 is 0 Å². The van der Waals surface area contributed by atoms with Crippen molar-refractivity contribution in [2.24, 2.45) is 10.7 Å². The van der Waals surface area contributed by atoms with Gasteiger partial charge in [-0.3, -0.25) is 0 Å². The van der Waals surface area contributed by atoms with E-state index in [0.717, 1.165) is 12.1 Å². The molecule has 3 heteroatoms. The monoisotopic (exact) mass is 142 g/mol. The summed E-state index contributed by atoms with van der Waals surface area (Å²) >= 11 is 4.24. The number of amidine groups is 1. The van der Waals surface area contributed by atoms with Gasteiger partial charge in [0.1, 0.15) is 5.84 Å². The Kier molecular flexibility index (Phi) is 1.81. The van der Waals surface area contributed by atoms with Crippen molar-refractivity contribution in [1.29, 1.82) is 0 Å². The van der Waals surface area contributed by atoms with E-state index in [1.807, 2.05) is 13.0 Å². The third-order valence-electron chi connectivity index (χ3n) is 1.17. The number of nitrogens with zero attached hydrogens (tertiary/aromatic N) is 1. The van der Waals surface area contributed by atoms with E-state index in [1.54, 1.807) is 0 Å². The van der Waals surface area contributed by atoms with Crippen LogP contribution >= 0.6 is 12.6 Å². The van der Waals surface area contributed by atoms with Crippen molar-refractivity contribution in [1.82, 2.24) is 0 Å². The molecule has 0 saturated carbocycles. The van der Waals surface area contributed by atoms with Crippen LogP contribution in [0.4, 0.5) is 0 Å². The average molecular weight is 142 g/mol. The number of hydrogen-bond donors (Lipinski definition) is 2. The van der Waals surface area contributed by atoms with E-state index in [0.29, 0.717) is 5.84 Å². The van der Waals surface area contributed by atoms with Gasteiger partial charge >= 0.3 is 0 Å². The van der Waals surface area contributed by atoms with Crippen LogP contribution < -0.4 is 5.73 Å². The molecule has 1 rings (SSSR count). The third kappa shape index (κ3) is 1.75. The molecule has 0 aromatic carbocycles. The Bertz CT molecular complexity index is 172. The van der Waals surface area contributed by atoms with Gasteiger partial charge in [0.2, 0.25) is 0 Å². The SMILES string of the molecule is CC1=CC(S)CC(N)=N1. The molecule has 50 valence electrons. The lowest BCUT2D eigenvalue weighted by Crippen LogP contribution is -2.19. The van der Waals surface area contributed by atoms with Crippen molar-refractivity contribution >= 4 is 18.5 Å². The highest BCUT2D eigenvalue weighted by atomic mass is 32.1. The van der Waals surface area contributed by atoms with Gasteiger partial charge in [-0.25, -0.2) is 4.99 Å². The van der Waals surface area contributed by atoms with Crippen LogP contribution in [-0.2, 0) is 0 Å². The molecule has 1 heterocycles. The minimum atomic E-state index is 0.266. The summed E-state index contributed by atoms with van der Waals surface area (Å²) in [5.74, 6) is 0.690. The van der Waals surface area contributed by atoms with Crippen molar-refractivity contribution < 1.29 is 0 Å². The third-order valence-corrected chi connectivity index (χ3v) is 1.50. The van der Waals surface area contributed by atoms with Gasteiger partial charge in [-0.15, -0.1) is 0 Å². The summed E-state index contributed by atoms with van der Waals surface area (Å²) in [6, 6.07) is 0. The first-order chi connectivity index (χ1) is 4.18. The molecule has 1 aliphatic rings. The molecule has 0 bridgehead atoms. The number of rotatable bonds is 0. The van der Waals surface area contributed by atoms with Gasteiger partial charge < -0.3 is 5.73 Å². The van der Waals surface area contributed by atoms with Crippen molar-refractivity contribution in [3.05, 3.63) is 11.8 Å². The summed E-state index contributed by atoms with van der Waals surface area (Å²) < 4.78 is 0. The molecule has 0 spiro atoms. The van der Waals surface area contributed by atoms with Crippen LogP contribution in [0.5, 0.6) is 0 Å². The quantitative estimate of drug-likeness (QED) is 0.485. The highest BCUT2D eigenvalue weighted by Crippen LogP contribution is 2.12. The second-order valence-electron chi connectivity index (χ2n) is 2.18. The summed E-state index contributed by atoms with van der Waals surface area (Å²) in [5, 5.41) is 0.266. The highest BCUT2D eigenvalue weighted by Gasteiger charge is 2.07. The van der Waals surface area contributed by atoms with Crippen molar-refractivity contribution in [3.63, 3.8) is 0 Å². The topological polar surface area (TPSA) is 38.4 Å². The molecular formula is C6H10N2S. The van der Waals surface area contributed by atoms with E-state index in [4.69, 9.17) is 5.73 Å². The molecule has 2 N–H and O–H groups in total. The van der Waals surface area contributed by atoms with Crippen LogP contribution in [-0.4, -0.2) is 11.1 Å².